The fourth-order valence-corrected chi connectivity index (χ4v) is 3.14. The van der Waals surface area contributed by atoms with Gasteiger partial charge in [0.2, 0.25) is 0 Å². The molecule has 1 aliphatic rings. The van der Waals surface area contributed by atoms with Crippen molar-refractivity contribution in [2.45, 2.75) is 32.0 Å². The highest BCUT2D eigenvalue weighted by Crippen LogP contribution is 2.40. The molecule has 0 saturated carbocycles. The van der Waals surface area contributed by atoms with Crippen LogP contribution in [0.4, 0.5) is 0 Å². The molecule has 2 unspecified atom stereocenters. The van der Waals surface area contributed by atoms with Crippen LogP contribution in [0, 0.1) is 0 Å². The van der Waals surface area contributed by atoms with Crippen LogP contribution in [-0.2, 0) is 4.74 Å². The summed E-state index contributed by atoms with van der Waals surface area (Å²) < 4.78 is 11.3. The Morgan fingerprint density at radius 3 is 2.85 bits per heavy atom. The van der Waals surface area contributed by atoms with Crippen LogP contribution >= 0.6 is 11.6 Å². The molecule has 0 amide bonds. The van der Waals surface area contributed by atoms with E-state index in [0.717, 1.165) is 17.9 Å². The third-order valence-electron chi connectivity index (χ3n) is 3.82. The molecule has 2 rings (SSSR count). The molecule has 112 valence electrons. The Morgan fingerprint density at radius 1 is 1.50 bits per heavy atom. The van der Waals surface area contributed by atoms with Gasteiger partial charge in [0.05, 0.1) is 25.9 Å². The summed E-state index contributed by atoms with van der Waals surface area (Å²) in [7, 11) is 1.66. The molecule has 1 aromatic rings. The summed E-state index contributed by atoms with van der Waals surface area (Å²) in [5, 5.41) is 0.698. The zero-order chi connectivity index (χ0) is 14.7. The van der Waals surface area contributed by atoms with Crippen molar-refractivity contribution in [3.8, 4) is 5.75 Å². The first-order valence-corrected chi connectivity index (χ1v) is 7.37. The summed E-state index contributed by atoms with van der Waals surface area (Å²) in [6.07, 6.45) is -0.0695. The van der Waals surface area contributed by atoms with Gasteiger partial charge in [-0.1, -0.05) is 17.7 Å². The average Bonchev–Trinajstić information content (AvgIpc) is 2.46. The predicted molar refractivity (Wildman–Crippen MR) is 81.4 cm³/mol. The number of rotatable bonds is 4. The molecule has 0 aliphatic carbocycles. The summed E-state index contributed by atoms with van der Waals surface area (Å²) in [4.78, 5) is 2.38. The number of hydrogen-bond acceptors (Lipinski definition) is 4. The van der Waals surface area contributed by atoms with Gasteiger partial charge < -0.3 is 15.2 Å². The molecule has 4 nitrogen and oxygen atoms in total. The van der Waals surface area contributed by atoms with Gasteiger partial charge in [0.1, 0.15) is 5.75 Å². The van der Waals surface area contributed by atoms with E-state index in [1.807, 2.05) is 18.2 Å². The van der Waals surface area contributed by atoms with E-state index in [-0.39, 0.29) is 12.1 Å². The lowest BCUT2D eigenvalue weighted by molar-refractivity contribution is -0.0794. The Morgan fingerprint density at radius 2 is 2.25 bits per heavy atom. The van der Waals surface area contributed by atoms with Crippen molar-refractivity contribution >= 4 is 11.6 Å². The monoisotopic (exact) mass is 298 g/mol. The highest BCUT2D eigenvalue weighted by molar-refractivity contribution is 6.31. The number of benzene rings is 1. The van der Waals surface area contributed by atoms with Crippen LogP contribution in [0.5, 0.6) is 5.75 Å². The first-order chi connectivity index (χ1) is 9.60. The Kier molecular flexibility index (Phi) is 5.27. The normalized spacial score (nSPS) is 24.1. The van der Waals surface area contributed by atoms with Gasteiger partial charge >= 0.3 is 0 Å². The number of nitrogens with two attached hydrogens (primary N) is 1. The van der Waals surface area contributed by atoms with E-state index in [0.29, 0.717) is 24.2 Å². The summed E-state index contributed by atoms with van der Waals surface area (Å²) in [5.74, 6) is 0.789. The summed E-state index contributed by atoms with van der Waals surface area (Å²) in [5.41, 5.74) is 6.87. The molecular weight excluding hydrogens is 276 g/mol. The quantitative estimate of drug-likeness (QED) is 0.927. The van der Waals surface area contributed by atoms with Crippen LogP contribution in [-0.4, -0.2) is 43.9 Å². The van der Waals surface area contributed by atoms with Crippen LogP contribution in [0.3, 0.4) is 0 Å². The van der Waals surface area contributed by atoms with E-state index in [9.17, 15) is 0 Å². The molecular formula is C15H23ClN2O2. The van der Waals surface area contributed by atoms with Gasteiger partial charge in [-0.3, -0.25) is 4.90 Å². The molecule has 2 N–H and O–H groups in total. The lowest BCUT2D eigenvalue weighted by Gasteiger charge is -2.44. The van der Waals surface area contributed by atoms with Gasteiger partial charge in [-0.25, -0.2) is 0 Å². The maximum atomic E-state index is 6.43. The molecule has 0 bridgehead atoms. The number of morpholine rings is 1. The minimum atomic E-state index is -0.0695. The Labute approximate surface area is 125 Å². The highest BCUT2D eigenvalue weighted by Gasteiger charge is 2.37. The first-order valence-electron chi connectivity index (χ1n) is 7.00. The number of halogens is 1. The first kappa shape index (κ1) is 15.6. The molecule has 2 atom stereocenters. The number of nitrogens with zero attached hydrogens (tertiary/aromatic N) is 1. The van der Waals surface area contributed by atoms with Gasteiger partial charge in [0, 0.05) is 29.7 Å². The average molecular weight is 299 g/mol. The third kappa shape index (κ3) is 2.93. The van der Waals surface area contributed by atoms with Gasteiger partial charge in [-0.2, -0.15) is 0 Å². The second kappa shape index (κ2) is 6.76. The predicted octanol–water partition coefficient (Wildman–Crippen LogP) is 2.46. The molecule has 20 heavy (non-hydrogen) atoms. The number of hydrogen-bond donors (Lipinski definition) is 1. The lowest BCUT2D eigenvalue weighted by Crippen LogP contribution is -2.50. The molecule has 0 spiro atoms. The van der Waals surface area contributed by atoms with E-state index in [1.165, 1.54) is 0 Å². The van der Waals surface area contributed by atoms with Crippen molar-refractivity contribution in [2.24, 2.45) is 5.73 Å². The second-order valence-electron chi connectivity index (χ2n) is 5.28. The zero-order valence-corrected chi connectivity index (χ0v) is 13.1. The van der Waals surface area contributed by atoms with E-state index in [4.69, 9.17) is 26.8 Å². The van der Waals surface area contributed by atoms with E-state index >= 15 is 0 Å². The second-order valence-corrected chi connectivity index (χ2v) is 5.68. The van der Waals surface area contributed by atoms with Crippen molar-refractivity contribution in [3.63, 3.8) is 0 Å². The largest absolute Gasteiger partial charge is 0.496 e. The lowest BCUT2D eigenvalue weighted by atomic mass is 9.95. The number of ether oxygens (including phenoxy) is 2. The van der Waals surface area contributed by atoms with Crippen LogP contribution in [0.25, 0.3) is 0 Å². The molecule has 0 aromatic heterocycles. The van der Waals surface area contributed by atoms with Crippen molar-refractivity contribution < 1.29 is 9.47 Å². The summed E-state index contributed by atoms with van der Waals surface area (Å²) in [6, 6.07) is 6.13. The van der Waals surface area contributed by atoms with Gasteiger partial charge in [-0.15, -0.1) is 0 Å². The fourth-order valence-electron chi connectivity index (χ4n) is 2.86. The van der Waals surface area contributed by atoms with E-state index < -0.39 is 0 Å². The fraction of sp³-hybridized carbons (Fsp3) is 0.600. The molecule has 1 aliphatic heterocycles. The highest BCUT2D eigenvalue weighted by atomic mass is 35.5. The zero-order valence-electron chi connectivity index (χ0n) is 12.3. The maximum Gasteiger partial charge on any atom is 0.125 e. The molecule has 1 saturated heterocycles. The van der Waals surface area contributed by atoms with Crippen molar-refractivity contribution in [2.75, 3.05) is 26.8 Å². The van der Waals surface area contributed by atoms with Gasteiger partial charge in [0.15, 0.2) is 0 Å². The Balaban J connectivity index is 2.49. The van der Waals surface area contributed by atoms with Crippen molar-refractivity contribution in [3.05, 3.63) is 28.8 Å². The summed E-state index contributed by atoms with van der Waals surface area (Å²) in [6.45, 7) is 6.38. The van der Waals surface area contributed by atoms with Gasteiger partial charge in [0.25, 0.3) is 0 Å². The van der Waals surface area contributed by atoms with E-state index in [1.54, 1.807) is 7.11 Å². The minimum Gasteiger partial charge on any atom is -0.496 e. The minimum absolute atomic E-state index is 0.0254. The van der Waals surface area contributed by atoms with Crippen LogP contribution in [0.15, 0.2) is 18.2 Å². The third-order valence-corrected chi connectivity index (χ3v) is 4.14. The topological polar surface area (TPSA) is 47.7 Å². The molecule has 1 aromatic carbocycles. The maximum absolute atomic E-state index is 6.43. The van der Waals surface area contributed by atoms with Gasteiger partial charge in [-0.05, 0) is 26.0 Å². The molecule has 5 heteroatoms. The Hall–Kier alpha value is -0.810. The molecule has 1 fully saturated rings. The Bertz CT molecular complexity index is 453. The molecule has 1 heterocycles. The van der Waals surface area contributed by atoms with Crippen LogP contribution in [0.1, 0.15) is 25.5 Å². The van der Waals surface area contributed by atoms with Crippen LogP contribution < -0.4 is 10.5 Å². The van der Waals surface area contributed by atoms with Crippen molar-refractivity contribution in [1.82, 2.24) is 4.90 Å². The van der Waals surface area contributed by atoms with E-state index in [2.05, 4.69) is 18.7 Å². The SMILES string of the molecule is COc1cccc(Cl)c1C1C(CN)OCCN1C(C)C. The molecule has 0 radical (unpaired) electrons. The number of methoxy groups -OCH3 is 1. The van der Waals surface area contributed by atoms with Crippen molar-refractivity contribution in [1.29, 1.82) is 0 Å². The standard InChI is InChI=1S/C15H23ClN2O2/c1-10(2)18-7-8-20-13(9-17)15(18)14-11(16)5-4-6-12(14)19-3/h4-6,10,13,15H,7-9,17H2,1-3H3. The smallest absolute Gasteiger partial charge is 0.125 e. The van der Waals surface area contributed by atoms with Crippen LogP contribution in [0.2, 0.25) is 5.02 Å². The summed E-state index contributed by atoms with van der Waals surface area (Å²) >= 11 is 6.43.